The number of nitrogens with two attached hydrogens (primary N) is 1. The summed E-state index contributed by atoms with van der Waals surface area (Å²) in [5.74, 6) is 0.566. The highest BCUT2D eigenvalue weighted by atomic mass is 15.1. The molecule has 0 spiro atoms. The second-order valence-electron chi connectivity index (χ2n) is 3.96. The topological polar surface area (TPSA) is 29.3 Å². The van der Waals surface area contributed by atoms with Gasteiger partial charge in [-0.05, 0) is 36.6 Å². The zero-order valence-electron chi connectivity index (χ0n) is 9.33. The Morgan fingerprint density at radius 3 is 2.21 bits per heavy atom. The minimum atomic E-state index is 0.566. The highest BCUT2D eigenvalue weighted by Crippen LogP contribution is 2.21. The number of benzene rings is 1. The fraction of sp³-hybridized carbons (Fsp3) is 0.500. The van der Waals surface area contributed by atoms with E-state index in [2.05, 4.69) is 50.2 Å². The molecule has 14 heavy (non-hydrogen) atoms. The minimum absolute atomic E-state index is 0.566. The van der Waals surface area contributed by atoms with Crippen LogP contribution >= 0.6 is 0 Å². The van der Waals surface area contributed by atoms with Crippen molar-refractivity contribution in [2.75, 3.05) is 25.5 Å². The third kappa shape index (κ3) is 2.74. The molecule has 0 heterocycles. The van der Waals surface area contributed by atoms with Crippen molar-refractivity contribution in [2.24, 2.45) is 5.73 Å². The van der Waals surface area contributed by atoms with Gasteiger partial charge in [0.25, 0.3) is 0 Å². The number of hydrogen-bond donors (Lipinski definition) is 1. The van der Waals surface area contributed by atoms with Crippen molar-refractivity contribution in [3.63, 3.8) is 0 Å². The van der Waals surface area contributed by atoms with E-state index in [0.717, 1.165) is 13.0 Å². The van der Waals surface area contributed by atoms with Crippen LogP contribution in [0.5, 0.6) is 0 Å². The third-order valence-electron chi connectivity index (χ3n) is 2.58. The van der Waals surface area contributed by atoms with Crippen LogP contribution in [0.25, 0.3) is 0 Å². The maximum Gasteiger partial charge on any atom is 0.0361 e. The van der Waals surface area contributed by atoms with Crippen molar-refractivity contribution in [1.82, 2.24) is 0 Å². The fourth-order valence-electron chi connectivity index (χ4n) is 1.52. The summed E-state index contributed by atoms with van der Waals surface area (Å²) in [6, 6.07) is 8.69. The largest absolute Gasteiger partial charge is 0.378 e. The van der Waals surface area contributed by atoms with Gasteiger partial charge in [0.2, 0.25) is 0 Å². The molecule has 0 aliphatic carbocycles. The van der Waals surface area contributed by atoms with Gasteiger partial charge in [0.1, 0.15) is 0 Å². The number of rotatable bonds is 4. The number of anilines is 1. The lowest BCUT2D eigenvalue weighted by Crippen LogP contribution is -2.09. The first-order valence-corrected chi connectivity index (χ1v) is 5.12. The van der Waals surface area contributed by atoms with Crippen LogP contribution in [0, 0.1) is 0 Å². The highest BCUT2D eigenvalue weighted by molar-refractivity contribution is 5.46. The summed E-state index contributed by atoms with van der Waals surface area (Å²) < 4.78 is 0. The van der Waals surface area contributed by atoms with Gasteiger partial charge < -0.3 is 10.6 Å². The van der Waals surface area contributed by atoms with Crippen molar-refractivity contribution in [3.8, 4) is 0 Å². The van der Waals surface area contributed by atoms with E-state index in [4.69, 9.17) is 5.73 Å². The average Bonchev–Trinajstić information content (AvgIpc) is 2.18. The molecule has 0 fully saturated rings. The summed E-state index contributed by atoms with van der Waals surface area (Å²) in [4.78, 5) is 2.11. The van der Waals surface area contributed by atoms with Crippen molar-refractivity contribution < 1.29 is 0 Å². The van der Waals surface area contributed by atoms with Crippen molar-refractivity contribution in [1.29, 1.82) is 0 Å². The quantitative estimate of drug-likeness (QED) is 0.792. The normalized spacial score (nSPS) is 12.6. The van der Waals surface area contributed by atoms with Gasteiger partial charge in [0.05, 0.1) is 0 Å². The van der Waals surface area contributed by atoms with Gasteiger partial charge in [-0.1, -0.05) is 19.1 Å². The maximum atomic E-state index is 5.54. The Morgan fingerprint density at radius 1 is 1.21 bits per heavy atom. The number of nitrogens with zero attached hydrogens (tertiary/aromatic N) is 1. The van der Waals surface area contributed by atoms with Crippen LogP contribution in [0.1, 0.15) is 24.8 Å². The van der Waals surface area contributed by atoms with Gasteiger partial charge >= 0.3 is 0 Å². The van der Waals surface area contributed by atoms with Gasteiger partial charge in [-0.25, -0.2) is 0 Å². The standard InChI is InChI=1S/C12H20N2/c1-10(8-9-13)11-4-6-12(7-5-11)14(2)3/h4-7,10H,8-9,13H2,1-3H3. The molecule has 0 aromatic heterocycles. The van der Waals surface area contributed by atoms with Gasteiger partial charge in [0, 0.05) is 19.8 Å². The van der Waals surface area contributed by atoms with E-state index in [-0.39, 0.29) is 0 Å². The van der Waals surface area contributed by atoms with Crippen molar-refractivity contribution in [2.45, 2.75) is 19.3 Å². The molecule has 2 heteroatoms. The van der Waals surface area contributed by atoms with Gasteiger partial charge in [-0.2, -0.15) is 0 Å². The van der Waals surface area contributed by atoms with E-state index in [1.54, 1.807) is 0 Å². The second kappa shape index (κ2) is 5.01. The minimum Gasteiger partial charge on any atom is -0.378 e. The fourth-order valence-corrected chi connectivity index (χ4v) is 1.52. The monoisotopic (exact) mass is 192 g/mol. The second-order valence-corrected chi connectivity index (χ2v) is 3.96. The lowest BCUT2D eigenvalue weighted by Gasteiger charge is -2.15. The van der Waals surface area contributed by atoms with E-state index < -0.39 is 0 Å². The van der Waals surface area contributed by atoms with Crippen LogP contribution in [0.2, 0.25) is 0 Å². The Bertz CT molecular complexity index is 264. The summed E-state index contributed by atoms with van der Waals surface area (Å²) in [6.45, 7) is 2.98. The molecule has 0 amide bonds. The van der Waals surface area contributed by atoms with Gasteiger partial charge in [-0.3, -0.25) is 0 Å². The molecule has 2 nitrogen and oxygen atoms in total. The average molecular weight is 192 g/mol. The molecule has 1 aromatic rings. The van der Waals surface area contributed by atoms with Gasteiger partial charge in [-0.15, -0.1) is 0 Å². The van der Waals surface area contributed by atoms with E-state index in [1.807, 2.05) is 0 Å². The lowest BCUT2D eigenvalue weighted by atomic mass is 9.98. The molecule has 0 aliphatic rings. The predicted molar refractivity (Wildman–Crippen MR) is 62.9 cm³/mol. The van der Waals surface area contributed by atoms with Crippen LogP contribution in [-0.4, -0.2) is 20.6 Å². The summed E-state index contributed by atoms with van der Waals surface area (Å²) >= 11 is 0. The predicted octanol–water partition coefficient (Wildman–Crippen LogP) is 2.20. The van der Waals surface area contributed by atoms with Crippen LogP contribution < -0.4 is 10.6 Å². The summed E-state index contributed by atoms with van der Waals surface area (Å²) in [6.07, 6.45) is 1.06. The lowest BCUT2D eigenvalue weighted by molar-refractivity contribution is 0.690. The molecule has 1 rings (SSSR count). The van der Waals surface area contributed by atoms with Crippen molar-refractivity contribution >= 4 is 5.69 Å². The summed E-state index contributed by atoms with van der Waals surface area (Å²) in [5.41, 5.74) is 8.16. The van der Waals surface area contributed by atoms with E-state index in [0.29, 0.717) is 5.92 Å². The molecule has 0 bridgehead atoms. The molecule has 1 aromatic carbocycles. The first kappa shape index (κ1) is 11.1. The maximum absolute atomic E-state index is 5.54. The molecule has 78 valence electrons. The molecule has 0 aliphatic heterocycles. The molecule has 0 saturated heterocycles. The Kier molecular flexibility index (Phi) is 3.96. The van der Waals surface area contributed by atoms with Gasteiger partial charge in [0.15, 0.2) is 0 Å². The van der Waals surface area contributed by atoms with E-state index in [1.165, 1.54) is 11.3 Å². The molecular formula is C12H20N2. The molecule has 0 radical (unpaired) electrons. The smallest absolute Gasteiger partial charge is 0.0361 e. The Morgan fingerprint density at radius 2 is 1.79 bits per heavy atom. The van der Waals surface area contributed by atoms with Crippen molar-refractivity contribution in [3.05, 3.63) is 29.8 Å². The zero-order valence-corrected chi connectivity index (χ0v) is 9.33. The molecule has 1 unspecified atom stereocenters. The zero-order chi connectivity index (χ0) is 10.6. The molecule has 0 saturated carbocycles. The first-order valence-electron chi connectivity index (χ1n) is 5.12. The highest BCUT2D eigenvalue weighted by Gasteiger charge is 2.04. The molecule has 2 N–H and O–H groups in total. The summed E-state index contributed by atoms with van der Waals surface area (Å²) in [7, 11) is 4.11. The first-order chi connectivity index (χ1) is 6.65. The Hall–Kier alpha value is -1.02. The molecular weight excluding hydrogens is 172 g/mol. The Labute approximate surface area is 86.7 Å². The van der Waals surface area contributed by atoms with Crippen LogP contribution in [0.3, 0.4) is 0 Å². The SMILES string of the molecule is CC(CCN)c1ccc(N(C)C)cc1. The number of hydrogen-bond acceptors (Lipinski definition) is 2. The van der Waals surface area contributed by atoms with Crippen LogP contribution in [0.15, 0.2) is 24.3 Å². The van der Waals surface area contributed by atoms with E-state index >= 15 is 0 Å². The summed E-state index contributed by atoms with van der Waals surface area (Å²) in [5, 5.41) is 0. The third-order valence-corrected chi connectivity index (χ3v) is 2.58. The molecule has 1 atom stereocenters. The van der Waals surface area contributed by atoms with Crippen LogP contribution in [-0.2, 0) is 0 Å². The van der Waals surface area contributed by atoms with Crippen LogP contribution in [0.4, 0.5) is 5.69 Å². The van der Waals surface area contributed by atoms with E-state index in [9.17, 15) is 0 Å². The Balaban J connectivity index is 2.72.